The number of fused-ring (bicyclic) bond motifs is 3. The number of carbonyl (C=O) groups excluding carboxylic acids is 1. The molecule has 6 nitrogen and oxygen atoms in total. The highest BCUT2D eigenvalue weighted by molar-refractivity contribution is 7.22. The van der Waals surface area contributed by atoms with Gasteiger partial charge in [0.2, 0.25) is 5.91 Å². The van der Waals surface area contributed by atoms with Crippen LogP contribution in [0.4, 0.5) is 5.13 Å². The van der Waals surface area contributed by atoms with Crippen molar-refractivity contribution >= 4 is 38.6 Å². The van der Waals surface area contributed by atoms with E-state index in [0.29, 0.717) is 10.9 Å². The van der Waals surface area contributed by atoms with Crippen molar-refractivity contribution in [2.24, 2.45) is 23.7 Å². The molecule has 2 bridgehead atoms. The van der Waals surface area contributed by atoms with E-state index in [1.165, 1.54) is 11.3 Å². The number of thiazole rings is 1. The van der Waals surface area contributed by atoms with Crippen molar-refractivity contribution in [3.05, 3.63) is 60.7 Å². The smallest absolute Gasteiger partial charge is 0.307 e. The predicted octanol–water partition coefficient (Wildman–Crippen LogP) is 4.55. The maximum Gasteiger partial charge on any atom is 0.307 e. The van der Waals surface area contributed by atoms with E-state index in [1.807, 2.05) is 60.7 Å². The molecule has 2 unspecified atom stereocenters. The van der Waals surface area contributed by atoms with Crippen molar-refractivity contribution in [1.29, 1.82) is 0 Å². The van der Waals surface area contributed by atoms with Crippen molar-refractivity contribution < 1.29 is 19.4 Å². The van der Waals surface area contributed by atoms with Crippen molar-refractivity contribution in [3.8, 4) is 11.5 Å². The van der Waals surface area contributed by atoms with Gasteiger partial charge in [-0.2, -0.15) is 0 Å². The quantitative estimate of drug-likeness (QED) is 0.607. The van der Waals surface area contributed by atoms with Gasteiger partial charge in [0.05, 0.1) is 22.1 Å². The Hall–Kier alpha value is -3.19. The van der Waals surface area contributed by atoms with Gasteiger partial charge in [0, 0.05) is 6.07 Å². The van der Waals surface area contributed by atoms with Gasteiger partial charge in [0.1, 0.15) is 11.5 Å². The molecule has 1 saturated carbocycles. The number of hydrogen-bond acceptors (Lipinski definition) is 5. The van der Waals surface area contributed by atoms with Gasteiger partial charge < -0.3 is 15.2 Å². The van der Waals surface area contributed by atoms with Gasteiger partial charge in [-0.25, -0.2) is 4.98 Å². The van der Waals surface area contributed by atoms with E-state index in [1.54, 1.807) is 0 Å². The molecule has 1 heterocycles. The van der Waals surface area contributed by atoms with E-state index in [4.69, 9.17) is 4.74 Å². The zero-order valence-corrected chi connectivity index (χ0v) is 16.1. The van der Waals surface area contributed by atoms with E-state index in [0.717, 1.165) is 22.4 Å². The molecule has 146 valence electrons. The number of anilines is 1. The average molecular weight is 406 g/mol. The number of para-hydroxylation sites is 1. The molecular formula is C22H18N2O4S. The number of nitrogens with zero attached hydrogens (tertiary/aromatic N) is 1. The van der Waals surface area contributed by atoms with Crippen LogP contribution < -0.4 is 10.1 Å². The highest BCUT2D eigenvalue weighted by Gasteiger charge is 2.51. The fourth-order valence-corrected chi connectivity index (χ4v) is 5.25. The number of aliphatic carboxylic acids is 1. The van der Waals surface area contributed by atoms with Gasteiger partial charge in [-0.3, -0.25) is 9.59 Å². The van der Waals surface area contributed by atoms with Gasteiger partial charge in [-0.1, -0.05) is 41.7 Å². The third-order valence-corrected chi connectivity index (χ3v) is 6.55. The summed E-state index contributed by atoms with van der Waals surface area (Å²) < 4.78 is 6.74. The molecule has 4 atom stereocenters. The van der Waals surface area contributed by atoms with E-state index in [-0.39, 0.29) is 17.7 Å². The van der Waals surface area contributed by atoms with Crippen LogP contribution in [0, 0.1) is 23.7 Å². The summed E-state index contributed by atoms with van der Waals surface area (Å²) in [7, 11) is 0. The fraction of sp³-hybridized carbons (Fsp3) is 0.227. The van der Waals surface area contributed by atoms with Crippen LogP contribution in [0.15, 0.2) is 60.7 Å². The molecule has 2 N–H and O–H groups in total. The van der Waals surface area contributed by atoms with Crippen LogP contribution in [0.25, 0.3) is 10.2 Å². The number of carboxylic acid groups (broad SMARTS) is 1. The summed E-state index contributed by atoms with van der Waals surface area (Å²) in [5.74, 6) is -1.02. The molecular weight excluding hydrogens is 388 g/mol. The molecule has 1 fully saturated rings. The van der Waals surface area contributed by atoms with Crippen molar-refractivity contribution in [1.82, 2.24) is 4.98 Å². The molecule has 0 radical (unpaired) electrons. The Morgan fingerprint density at radius 2 is 1.79 bits per heavy atom. The molecule has 7 heteroatoms. The largest absolute Gasteiger partial charge is 0.481 e. The second-order valence-corrected chi connectivity index (χ2v) is 8.42. The van der Waals surface area contributed by atoms with Crippen LogP contribution >= 0.6 is 11.3 Å². The molecule has 29 heavy (non-hydrogen) atoms. The minimum Gasteiger partial charge on any atom is -0.481 e. The molecule has 0 spiro atoms. The Morgan fingerprint density at radius 3 is 2.55 bits per heavy atom. The summed E-state index contributed by atoms with van der Waals surface area (Å²) in [4.78, 5) is 29.0. The van der Waals surface area contributed by atoms with E-state index in [9.17, 15) is 14.7 Å². The number of amides is 1. The second kappa shape index (κ2) is 7.00. The van der Waals surface area contributed by atoms with Gasteiger partial charge in [0.15, 0.2) is 5.13 Å². The summed E-state index contributed by atoms with van der Waals surface area (Å²) in [6.45, 7) is 0. The lowest BCUT2D eigenvalue weighted by atomic mass is 9.82. The van der Waals surface area contributed by atoms with Crippen molar-refractivity contribution in [2.75, 3.05) is 5.32 Å². The normalized spacial score (nSPS) is 24.7. The summed E-state index contributed by atoms with van der Waals surface area (Å²) in [6.07, 6.45) is 4.63. The Kier molecular flexibility index (Phi) is 4.32. The van der Waals surface area contributed by atoms with Crippen LogP contribution in [0.5, 0.6) is 11.5 Å². The van der Waals surface area contributed by atoms with Gasteiger partial charge in [0.25, 0.3) is 0 Å². The lowest BCUT2D eigenvalue weighted by Crippen LogP contribution is -2.36. The van der Waals surface area contributed by atoms with Crippen LogP contribution in [0.1, 0.15) is 6.42 Å². The van der Waals surface area contributed by atoms with Crippen LogP contribution in [-0.2, 0) is 9.59 Å². The second-order valence-electron chi connectivity index (χ2n) is 7.39. The number of rotatable bonds is 5. The number of hydrogen-bond donors (Lipinski definition) is 2. The fourth-order valence-electron chi connectivity index (χ4n) is 4.35. The van der Waals surface area contributed by atoms with Gasteiger partial charge in [-0.15, -0.1) is 0 Å². The highest BCUT2D eigenvalue weighted by atomic mass is 32.1. The predicted molar refractivity (Wildman–Crippen MR) is 110 cm³/mol. The topological polar surface area (TPSA) is 88.5 Å². The Morgan fingerprint density at radius 1 is 1.03 bits per heavy atom. The third-order valence-electron chi connectivity index (χ3n) is 5.62. The molecule has 3 aromatic rings. The van der Waals surface area contributed by atoms with Gasteiger partial charge >= 0.3 is 5.97 Å². The monoisotopic (exact) mass is 406 g/mol. The maximum absolute atomic E-state index is 12.8. The van der Waals surface area contributed by atoms with E-state index in [2.05, 4.69) is 10.3 Å². The zero-order chi connectivity index (χ0) is 20.0. The first-order chi connectivity index (χ1) is 14.1. The summed E-state index contributed by atoms with van der Waals surface area (Å²) >= 11 is 1.35. The lowest BCUT2D eigenvalue weighted by Gasteiger charge is -2.23. The summed E-state index contributed by atoms with van der Waals surface area (Å²) in [5.41, 5.74) is 0.758. The first kappa shape index (κ1) is 17.9. The molecule has 1 aromatic heterocycles. The molecule has 0 aliphatic heterocycles. The minimum absolute atomic E-state index is 0.0126. The number of allylic oxidation sites excluding steroid dienone is 2. The zero-order valence-electron chi connectivity index (χ0n) is 15.3. The molecule has 1 amide bonds. The van der Waals surface area contributed by atoms with Crippen LogP contribution in [-0.4, -0.2) is 22.0 Å². The average Bonchev–Trinajstić information content (AvgIpc) is 3.42. The molecule has 2 aliphatic carbocycles. The van der Waals surface area contributed by atoms with Gasteiger partial charge in [-0.05, 0) is 42.5 Å². The third kappa shape index (κ3) is 3.27. The van der Waals surface area contributed by atoms with E-state index < -0.39 is 17.8 Å². The lowest BCUT2D eigenvalue weighted by molar-refractivity contribution is -0.146. The number of ether oxygens (including phenoxy) is 1. The van der Waals surface area contributed by atoms with Crippen LogP contribution in [0.3, 0.4) is 0 Å². The number of carbonyl (C=O) groups is 2. The summed E-state index contributed by atoms with van der Waals surface area (Å²) in [5, 5.41) is 12.9. The van der Waals surface area contributed by atoms with E-state index >= 15 is 0 Å². The number of carboxylic acids is 1. The Labute approximate surface area is 170 Å². The molecule has 2 aromatic carbocycles. The van der Waals surface area contributed by atoms with Crippen LogP contribution in [0.2, 0.25) is 0 Å². The molecule has 0 saturated heterocycles. The first-order valence-corrected chi connectivity index (χ1v) is 10.3. The minimum atomic E-state index is -0.908. The standard InChI is InChI=1S/C22H18N2O4S/c25-20(18-12-6-7-13(10-12)19(18)21(26)27)24-22-23-16-9-8-15(11-17(16)29-22)28-14-4-2-1-3-5-14/h1-9,11-13,18-19H,10H2,(H,26,27)(H,23,24,25)/t12?,13?,18-,19+/m1/s1. The molecule has 5 rings (SSSR count). The Bertz CT molecular complexity index is 1120. The SMILES string of the molecule is O=C(Nc1nc2ccc(Oc3ccccc3)cc2s1)[C@@H]1C2C=CC(C2)[C@@H]1C(=O)O. The molecule has 2 aliphatic rings. The highest BCUT2D eigenvalue weighted by Crippen LogP contribution is 2.48. The number of benzene rings is 2. The number of nitrogens with one attached hydrogen (secondary N) is 1. The Balaban J connectivity index is 1.35. The van der Waals surface area contributed by atoms with Crippen molar-refractivity contribution in [3.63, 3.8) is 0 Å². The maximum atomic E-state index is 12.8. The number of aromatic nitrogens is 1. The first-order valence-electron chi connectivity index (χ1n) is 9.44. The van der Waals surface area contributed by atoms with Crippen molar-refractivity contribution in [2.45, 2.75) is 6.42 Å². The summed E-state index contributed by atoms with van der Waals surface area (Å²) in [6, 6.07) is 15.1.